The van der Waals surface area contributed by atoms with Crippen molar-refractivity contribution in [3.05, 3.63) is 11.8 Å². The number of anilines is 1. The van der Waals surface area contributed by atoms with Crippen LogP contribution in [0.5, 0.6) is 0 Å². The molecule has 0 aliphatic heterocycles. The van der Waals surface area contributed by atoms with Gasteiger partial charge in [-0.2, -0.15) is 0 Å². The molecular weight excluding hydrogens is 196 g/mol. The van der Waals surface area contributed by atoms with Gasteiger partial charge in [-0.1, -0.05) is 11.8 Å². The Balaban J connectivity index is 2.19. The Kier molecular flexibility index (Phi) is 2.88. The Bertz CT molecular complexity index is 302. The number of hydrogen-bond acceptors (Lipinski definition) is 5. The summed E-state index contributed by atoms with van der Waals surface area (Å²) in [4.78, 5) is 8.65. The Labute approximate surface area is 87.7 Å². The summed E-state index contributed by atoms with van der Waals surface area (Å²) >= 11 is 1.54. The van der Waals surface area contributed by atoms with Crippen LogP contribution >= 0.6 is 11.8 Å². The highest BCUT2D eigenvalue weighted by Gasteiger charge is 2.21. The van der Waals surface area contributed by atoms with Gasteiger partial charge in [0.25, 0.3) is 0 Å². The number of aromatic nitrogens is 2. The number of hydrogen-bond donors (Lipinski definition) is 2. The van der Waals surface area contributed by atoms with Crippen molar-refractivity contribution in [2.24, 2.45) is 5.73 Å². The lowest BCUT2D eigenvalue weighted by atomic mass is 10.4. The molecular formula is C9H14N4S. The fourth-order valence-corrected chi connectivity index (χ4v) is 1.58. The smallest absolute Gasteiger partial charge is 0.189 e. The summed E-state index contributed by atoms with van der Waals surface area (Å²) < 4.78 is 0. The molecule has 1 aliphatic carbocycles. The monoisotopic (exact) mass is 210 g/mol. The molecule has 0 spiro atoms. The number of nitrogens with one attached hydrogen (secondary N) is 1. The summed E-state index contributed by atoms with van der Waals surface area (Å²) in [5.74, 6) is 0.910. The van der Waals surface area contributed by atoms with Gasteiger partial charge in [-0.05, 0) is 19.1 Å². The van der Waals surface area contributed by atoms with Gasteiger partial charge in [-0.15, -0.1) is 0 Å². The highest BCUT2D eigenvalue weighted by atomic mass is 32.2. The van der Waals surface area contributed by atoms with Crippen LogP contribution in [0.15, 0.2) is 11.2 Å². The lowest BCUT2D eigenvalue weighted by Crippen LogP contribution is -2.08. The summed E-state index contributed by atoms with van der Waals surface area (Å²) in [5, 5.41) is 4.13. The van der Waals surface area contributed by atoms with Crippen molar-refractivity contribution >= 4 is 17.6 Å². The zero-order valence-electron chi connectivity index (χ0n) is 8.16. The zero-order valence-corrected chi connectivity index (χ0v) is 8.97. The van der Waals surface area contributed by atoms with Crippen molar-refractivity contribution in [2.45, 2.75) is 30.6 Å². The third kappa shape index (κ3) is 2.36. The maximum Gasteiger partial charge on any atom is 0.189 e. The average Bonchev–Trinajstić information content (AvgIpc) is 3.01. The summed E-state index contributed by atoms with van der Waals surface area (Å²) in [5.41, 5.74) is 6.46. The lowest BCUT2D eigenvalue weighted by molar-refractivity contribution is 0.872. The number of nitrogens with zero attached hydrogens (tertiary/aromatic N) is 2. The molecule has 0 amide bonds. The van der Waals surface area contributed by atoms with Crippen LogP contribution in [0.4, 0.5) is 5.82 Å². The fourth-order valence-electron chi connectivity index (χ4n) is 1.18. The minimum atomic E-state index is 0.468. The summed E-state index contributed by atoms with van der Waals surface area (Å²) in [7, 11) is 0. The van der Waals surface area contributed by atoms with Gasteiger partial charge in [0.1, 0.15) is 5.82 Å². The van der Waals surface area contributed by atoms with E-state index in [9.17, 15) is 0 Å². The lowest BCUT2D eigenvalue weighted by Gasteiger charge is -2.06. The molecule has 2 rings (SSSR count). The Morgan fingerprint density at radius 1 is 1.57 bits per heavy atom. The van der Waals surface area contributed by atoms with E-state index in [2.05, 4.69) is 15.3 Å². The van der Waals surface area contributed by atoms with Crippen LogP contribution < -0.4 is 11.1 Å². The first kappa shape index (κ1) is 9.73. The van der Waals surface area contributed by atoms with Crippen LogP contribution in [0.3, 0.4) is 0 Å². The molecule has 76 valence electrons. The molecule has 1 saturated carbocycles. The quantitative estimate of drug-likeness (QED) is 0.578. The number of rotatable bonds is 4. The number of thioether (sulfide) groups is 1. The first-order valence-corrected chi connectivity index (χ1v) is 5.93. The average molecular weight is 210 g/mol. The van der Waals surface area contributed by atoms with Crippen LogP contribution in [-0.2, 0) is 6.54 Å². The van der Waals surface area contributed by atoms with Crippen LogP contribution in [-0.4, -0.2) is 22.3 Å². The Morgan fingerprint density at radius 2 is 2.36 bits per heavy atom. The molecule has 0 unspecified atom stereocenters. The number of nitrogens with two attached hydrogens (primary N) is 1. The van der Waals surface area contributed by atoms with Crippen molar-refractivity contribution in [1.82, 2.24) is 9.97 Å². The van der Waals surface area contributed by atoms with Gasteiger partial charge >= 0.3 is 0 Å². The Morgan fingerprint density at radius 3 is 2.93 bits per heavy atom. The summed E-state index contributed by atoms with van der Waals surface area (Å²) in [6.45, 7) is 0.468. The first-order chi connectivity index (χ1) is 6.81. The van der Waals surface area contributed by atoms with Crippen molar-refractivity contribution < 1.29 is 0 Å². The van der Waals surface area contributed by atoms with E-state index in [1.165, 1.54) is 12.8 Å². The minimum absolute atomic E-state index is 0.468. The molecule has 0 saturated heterocycles. The second-order valence-electron chi connectivity index (χ2n) is 3.35. The predicted molar refractivity (Wildman–Crippen MR) is 58.3 cm³/mol. The van der Waals surface area contributed by atoms with Crippen molar-refractivity contribution in [3.8, 4) is 0 Å². The third-order valence-electron chi connectivity index (χ3n) is 2.08. The van der Waals surface area contributed by atoms with E-state index in [1.807, 2.05) is 12.3 Å². The van der Waals surface area contributed by atoms with Crippen LogP contribution in [0.25, 0.3) is 0 Å². The molecule has 4 nitrogen and oxygen atoms in total. The first-order valence-electron chi connectivity index (χ1n) is 4.70. The standard InChI is InChI=1S/C9H14N4S/c1-14-9-12-7(5-10)4-8(13-9)11-6-2-3-6/h4,6H,2-3,5,10H2,1H3,(H,11,12,13). The van der Waals surface area contributed by atoms with Crippen molar-refractivity contribution in [3.63, 3.8) is 0 Å². The highest BCUT2D eigenvalue weighted by Crippen LogP contribution is 2.24. The highest BCUT2D eigenvalue weighted by molar-refractivity contribution is 7.98. The van der Waals surface area contributed by atoms with Gasteiger partial charge in [0.2, 0.25) is 0 Å². The maximum atomic E-state index is 5.56. The predicted octanol–water partition coefficient (Wildman–Crippen LogP) is 1.23. The largest absolute Gasteiger partial charge is 0.367 e. The maximum absolute atomic E-state index is 5.56. The molecule has 3 N–H and O–H groups in total. The molecule has 0 atom stereocenters. The van der Waals surface area contributed by atoms with E-state index >= 15 is 0 Å². The molecule has 1 aromatic rings. The molecule has 14 heavy (non-hydrogen) atoms. The van der Waals surface area contributed by atoms with Crippen molar-refractivity contribution in [2.75, 3.05) is 11.6 Å². The molecule has 1 fully saturated rings. The van der Waals surface area contributed by atoms with Gasteiger partial charge in [-0.25, -0.2) is 9.97 Å². The van der Waals surface area contributed by atoms with E-state index in [0.717, 1.165) is 16.7 Å². The van der Waals surface area contributed by atoms with Crippen molar-refractivity contribution in [1.29, 1.82) is 0 Å². The van der Waals surface area contributed by atoms with E-state index in [-0.39, 0.29) is 0 Å². The van der Waals surface area contributed by atoms with Gasteiger partial charge in [-0.3, -0.25) is 0 Å². The zero-order chi connectivity index (χ0) is 9.97. The van der Waals surface area contributed by atoms with Gasteiger partial charge < -0.3 is 11.1 Å². The van der Waals surface area contributed by atoms with Crippen LogP contribution in [0.2, 0.25) is 0 Å². The van der Waals surface area contributed by atoms with E-state index < -0.39 is 0 Å². The molecule has 0 radical (unpaired) electrons. The summed E-state index contributed by atoms with van der Waals surface area (Å²) in [6, 6.07) is 2.54. The van der Waals surface area contributed by atoms with Gasteiger partial charge in [0.05, 0.1) is 5.69 Å². The van der Waals surface area contributed by atoms with Crippen LogP contribution in [0, 0.1) is 0 Å². The van der Waals surface area contributed by atoms with E-state index in [0.29, 0.717) is 12.6 Å². The molecule has 1 heterocycles. The Hall–Kier alpha value is -0.810. The third-order valence-corrected chi connectivity index (χ3v) is 2.63. The topological polar surface area (TPSA) is 63.8 Å². The second-order valence-corrected chi connectivity index (χ2v) is 4.13. The normalized spacial score (nSPS) is 15.6. The van der Waals surface area contributed by atoms with E-state index in [4.69, 9.17) is 5.73 Å². The molecule has 0 bridgehead atoms. The minimum Gasteiger partial charge on any atom is -0.367 e. The fraction of sp³-hybridized carbons (Fsp3) is 0.556. The molecule has 5 heteroatoms. The van der Waals surface area contributed by atoms with Gasteiger partial charge in [0, 0.05) is 18.7 Å². The summed E-state index contributed by atoms with van der Waals surface area (Å²) in [6.07, 6.45) is 4.46. The SMILES string of the molecule is CSc1nc(CN)cc(NC2CC2)n1. The van der Waals surface area contributed by atoms with Gasteiger partial charge in [0.15, 0.2) is 5.16 Å². The molecule has 1 aliphatic rings. The second kappa shape index (κ2) is 4.14. The molecule has 1 aromatic heterocycles. The van der Waals surface area contributed by atoms with Crippen LogP contribution in [0.1, 0.15) is 18.5 Å². The molecule has 0 aromatic carbocycles. The van der Waals surface area contributed by atoms with E-state index in [1.54, 1.807) is 11.8 Å².